The molecule has 0 bridgehead atoms. The zero-order valence-corrected chi connectivity index (χ0v) is 11.6. The lowest BCUT2D eigenvalue weighted by molar-refractivity contribution is 0.139. The quantitative estimate of drug-likeness (QED) is 0.909. The predicted molar refractivity (Wildman–Crippen MR) is 66.8 cm³/mol. The largest absolute Gasteiger partial charge is 0.494 e. The van der Waals surface area contributed by atoms with E-state index in [1.807, 2.05) is 0 Å². The summed E-state index contributed by atoms with van der Waals surface area (Å²) in [6.07, 6.45) is -0.274. The Morgan fingerprint density at radius 3 is 2.33 bits per heavy atom. The lowest BCUT2D eigenvalue weighted by Gasteiger charge is -2.29. The molecule has 0 amide bonds. The normalized spacial score (nSPS) is 14.3. The minimum absolute atomic E-state index is 0.0445. The topological polar surface area (TPSA) is 63.6 Å². The van der Waals surface area contributed by atoms with Crippen LogP contribution in [0.15, 0.2) is 18.2 Å². The lowest BCUT2D eigenvalue weighted by Crippen LogP contribution is -2.37. The van der Waals surface area contributed by atoms with Crippen LogP contribution in [-0.4, -0.2) is 31.6 Å². The standard InChI is InChI=1S/C12H17FO4S/c1-12(2,18(4,15)16)11(14)8-5-6-10(17-3)9(13)7-8/h5-7,11,14H,1-4H3. The Labute approximate surface area is 106 Å². The summed E-state index contributed by atoms with van der Waals surface area (Å²) in [4.78, 5) is 0. The number of aliphatic hydroxyl groups excluding tert-OH is 1. The van der Waals surface area contributed by atoms with Crippen molar-refractivity contribution in [3.05, 3.63) is 29.6 Å². The molecule has 102 valence electrons. The fraction of sp³-hybridized carbons (Fsp3) is 0.500. The second-order valence-corrected chi connectivity index (χ2v) is 7.27. The molecule has 1 unspecified atom stereocenters. The molecule has 18 heavy (non-hydrogen) atoms. The summed E-state index contributed by atoms with van der Waals surface area (Å²) in [6, 6.07) is 3.88. The van der Waals surface area contributed by atoms with E-state index in [-0.39, 0.29) is 11.3 Å². The van der Waals surface area contributed by atoms with Crippen molar-refractivity contribution < 1.29 is 22.7 Å². The van der Waals surface area contributed by atoms with Crippen molar-refractivity contribution in [2.45, 2.75) is 24.7 Å². The highest BCUT2D eigenvalue weighted by molar-refractivity contribution is 7.92. The average molecular weight is 276 g/mol. The SMILES string of the molecule is COc1ccc(C(O)C(C)(C)S(C)(=O)=O)cc1F. The van der Waals surface area contributed by atoms with Gasteiger partial charge < -0.3 is 9.84 Å². The molecule has 0 spiro atoms. The molecular formula is C12H17FO4S. The van der Waals surface area contributed by atoms with E-state index < -0.39 is 26.5 Å². The van der Waals surface area contributed by atoms with Crippen molar-refractivity contribution in [2.75, 3.05) is 13.4 Å². The molecule has 1 atom stereocenters. The van der Waals surface area contributed by atoms with Gasteiger partial charge in [0, 0.05) is 6.26 Å². The summed E-state index contributed by atoms with van der Waals surface area (Å²) in [5.41, 5.74) is 0.198. The fourth-order valence-corrected chi connectivity index (χ4v) is 2.00. The third kappa shape index (κ3) is 2.64. The van der Waals surface area contributed by atoms with Crippen LogP contribution in [0.25, 0.3) is 0 Å². The van der Waals surface area contributed by atoms with Crippen molar-refractivity contribution in [1.82, 2.24) is 0 Å². The molecule has 0 aromatic heterocycles. The van der Waals surface area contributed by atoms with Gasteiger partial charge in [0.25, 0.3) is 0 Å². The van der Waals surface area contributed by atoms with Gasteiger partial charge in [0.2, 0.25) is 0 Å². The van der Waals surface area contributed by atoms with Gasteiger partial charge in [-0.2, -0.15) is 0 Å². The molecular weight excluding hydrogens is 259 g/mol. The van der Waals surface area contributed by atoms with Crippen LogP contribution in [0.3, 0.4) is 0 Å². The predicted octanol–water partition coefficient (Wildman–Crippen LogP) is 1.69. The van der Waals surface area contributed by atoms with Crippen LogP contribution >= 0.6 is 0 Å². The molecule has 0 aliphatic heterocycles. The molecule has 0 radical (unpaired) electrons. The number of hydrogen-bond donors (Lipinski definition) is 1. The Morgan fingerprint density at radius 2 is 1.94 bits per heavy atom. The van der Waals surface area contributed by atoms with Gasteiger partial charge in [0.05, 0.1) is 18.0 Å². The van der Waals surface area contributed by atoms with Crippen molar-refractivity contribution in [3.63, 3.8) is 0 Å². The number of benzene rings is 1. The molecule has 1 N–H and O–H groups in total. The minimum Gasteiger partial charge on any atom is -0.494 e. The first kappa shape index (κ1) is 14.9. The van der Waals surface area contributed by atoms with Crippen molar-refractivity contribution in [3.8, 4) is 5.75 Å². The Kier molecular flexibility index (Phi) is 4.02. The highest BCUT2D eigenvalue weighted by Crippen LogP contribution is 2.33. The highest BCUT2D eigenvalue weighted by atomic mass is 32.2. The van der Waals surface area contributed by atoms with Crippen LogP contribution in [0.5, 0.6) is 5.75 Å². The zero-order valence-electron chi connectivity index (χ0n) is 10.8. The Morgan fingerprint density at radius 1 is 1.39 bits per heavy atom. The molecule has 0 fully saturated rings. The van der Waals surface area contributed by atoms with E-state index in [4.69, 9.17) is 4.74 Å². The molecule has 0 saturated heterocycles. The molecule has 0 aliphatic rings. The number of rotatable bonds is 4. The smallest absolute Gasteiger partial charge is 0.165 e. The van der Waals surface area contributed by atoms with Crippen LogP contribution in [0, 0.1) is 5.82 Å². The zero-order chi connectivity index (χ0) is 14.1. The highest BCUT2D eigenvalue weighted by Gasteiger charge is 2.39. The number of methoxy groups -OCH3 is 1. The molecule has 0 heterocycles. The van der Waals surface area contributed by atoms with Gasteiger partial charge >= 0.3 is 0 Å². The summed E-state index contributed by atoms with van der Waals surface area (Å²) < 4.78 is 40.1. The second-order valence-electron chi connectivity index (χ2n) is 4.67. The number of hydrogen-bond acceptors (Lipinski definition) is 4. The molecule has 4 nitrogen and oxygen atoms in total. The number of halogens is 1. The van der Waals surface area contributed by atoms with E-state index in [9.17, 15) is 17.9 Å². The van der Waals surface area contributed by atoms with E-state index >= 15 is 0 Å². The molecule has 6 heteroatoms. The van der Waals surface area contributed by atoms with E-state index in [2.05, 4.69) is 0 Å². The first-order valence-corrected chi connectivity index (χ1v) is 7.21. The molecule has 1 rings (SSSR count). The summed E-state index contributed by atoms with van der Waals surface area (Å²) in [5, 5.41) is 10.1. The maximum Gasteiger partial charge on any atom is 0.165 e. The van der Waals surface area contributed by atoms with Crippen molar-refractivity contribution >= 4 is 9.84 Å². The summed E-state index contributed by atoms with van der Waals surface area (Å²) in [7, 11) is -2.15. The summed E-state index contributed by atoms with van der Waals surface area (Å²) in [5.74, 6) is -0.596. The monoisotopic (exact) mass is 276 g/mol. The molecule has 0 aliphatic carbocycles. The van der Waals surface area contributed by atoms with Crippen LogP contribution in [0.1, 0.15) is 25.5 Å². The van der Waals surface area contributed by atoms with E-state index in [1.165, 1.54) is 33.1 Å². The van der Waals surface area contributed by atoms with E-state index in [0.717, 1.165) is 12.3 Å². The van der Waals surface area contributed by atoms with Gasteiger partial charge in [-0.25, -0.2) is 12.8 Å². The molecule has 1 aromatic carbocycles. The third-order valence-electron chi connectivity index (χ3n) is 3.11. The Balaban J connectivity index is 3.20. The molecule has 0 saturated carbocycles. The van der Waals surface area contributed by atoms with Crippen LogP contribution in [-0.2, 0) is 9.84 Å². The van der Waals surface area contributed by atoms with Gasteiger partial charge in [-0.1, -0.05) is 6.07 Å². The average Bonchev–Trinajstić information content (AvgIpc) is 2.26. The third-order valence-corrected chi connectivity index (χ3v) is 5.24. The summed E-state index contributed by atoms with van der Waals surface area (Å²) in [6.45, 7) is 2.80. The van der Waals surface area contributed by atoms with Gasteiger partial charge in [-0.3, -0.25) is 0 Å². The number of ether oxygens (including phenoxy) is 1. The van der Waals surface area contributed by atoms with Crippen molar-refractivity contribution in [1.29, 1.82) is 0 Å². The van der Waals surface area contributed by atoms with Gasteiger partial charge in [-0.05, 0) is 31.5 Å². The second kappa shape index (κ2) is 4.85. The van der Waals surface area contributed by atoms with Crippen LogP contribution in [0.4, 0.5) is 4.39 Å². The van der Waals surface area contributed by atoms with Crippen LogP contribution in [0.2, 0.25) is 0 Å². The first-order valence-electron chi connectivity index (χ1n) is 5.32. The minimum atomic E-state index is -3.48. The van der Waals surface area contributed by atoms with Crippen LogP contribution < -0.4 is 4.74 Å². The van der Waals surface area contributed by atoms with E-state index in [1.54, 1.807) is 0 Å². The fourth-order valence-electron chi connectivity index (χ4n) is 1.46. The lowest BCUT2D eigenvalue weighted by atomic mass is 9.98. The maximum absolute atomic E-state index is 13.5. The Hall–Kier alpha value is -1.14. The van der Waals surface area contributed by atoms with Gasteiger partial charge in [-0.15, -0.1) is 0 Å². The number of aliphatic hydroxyl groups is 1. The van der Waals surface area contributed by atoms with Crippen molar-refractivity contribution in [2.24, 2.45) is 0 Å². The number of sulfone groups is 1. The van der Waals surface area contributed by atoms with Gasteiger partial charge in [0.15, 0.2) is 21.4 Å². The molecule has 1 aromatic rings. The van der Waals surface area contributed by atoms with E-state index in [0.29, 0.717) is 0 Å². The Bertz CT molecular complexity index is 537. The maximum atomic E-state index is 13.5. The first-order chi connectivity index (χ1) is 8.11. The van der Waals surface area contributed by atoms with Gasteiger partial charge in [0.1, 0.15) is 0 Å². The summed E-state index contributed by atoms with van der Waals surface area (Å²) >= 11 is 0.